The van der Waals surface area contributed by atoms with Crippen LogP contribution in [0.1, 0.15) is 0 Å². The molecule has 0 amide bonds. The van der Waals surface area contributed by atoms with E-state index in [0.717, 1.165) is 28.2 Å². The van der Waals surface area contributed by atoms with E-state index >= 15 is 0 Å². The summed E-state index contributed by atoms with van der Waals surface area (Å²) in [4.78, 5) is 2.15. The Morgan fingerprint density at radius 2 is 0.611 bits per heavy atom. The molecule has 0 atom stereocenters. The van der Waals surface area contributed by atoms with Gasteiger partial charge in [0.15, 0.2) is 0 Å². The fourth-order valence-corrected chi connectivity index (χ4v) is 7.68. The number of rotatable bonds is 8. The normalized spacial score (nSPS) is 11.1. The van der Waals surface area contributed by atoms with Gasteiger partial charge < -0.3 is 4.90 Å². The molecule has 9 aromatic rings. The molecule has 0 aromatic heterocycles. The van der Waals surface area contributed by atoms with Crippen LogP contribution in [0.2, 0.25) is 0 Å². The summed E-state index contributed by atoms with van der Waals surface area (Å²) in [6.45, 7) is 0. The Balaban J connectivity index is 1.30. The molecule has 0 radical (unpaired) electrons. The molecule has 0 aliphatic rings. The number of hydrogen-bond acceptors (Lipinski definition) is 1. The van der Waals surface area contributed by atoms with Gasteiger partial charge in [-0.05, 0) is 121 Å². The minimum Gasteiger partial charge on any atom is -0.311 e. The summed E-state index contributed by atoms with van der Waals surface area (Å²) < 4.78 is 14.0. The lowest BCUT2D eigenvalue weighted by molar-refractivity contribution is 0.628. The molecule has 1 nitrogen and oxygen atoms in total. The minimum absolute atomic E-state index is 0.255. The molecule has 0 saturated heterocycles. The molecule has 0 N–H and O–H groups in total. The van der Waals surface area contributed by atoms with E-state index in [9.17, 15) is 4.39 Å². The van der Waals surface area contributed by atoms with E-state index in [1.807, 2.05) is 30.3 Å². The van der Waals surface area contributed by atoms with Crippen molar-refractivity contribution >= 4 is 27.8 Å². The van der Waals surface area contributed by atoms with Gasteiger partial charge in [0.25, 0.3) is 0 Å². The van der Waals surface area contributed by atoms with E-state index < -0.39 is 0 Å². The smallest absolute Gasteiger partial charge is 0.123 e. The number of para-hydroxylation sites is 1. The van der Waals surface area contributed by atoms with Crippen LogP contribution in [0.3, 0.4) is 0 Å². The number of anilines is 3. The van der Waals surface area contributed by atoms with Gasteiger partial charge in [-0.1, -0.05) is 164 Å². The lowest BCUT2D eigenvalue weighted by atomic mass is 9.78. The van der Waals surface area contributed by atoms with Gasteiger partial charge in [-0.3, -0.25) is 0 Å². The van der Waals surface area contributed by atoms with Crippen molar-refractivity contribution in [2.24, 2.45) is 0 Å². The zero-order chi connectivity index (χ0) is 36.3. The van der Waals surface area contributed by atoms with Crippen molar-refractivity contribution in [3.63, 3.8) is 0 Å². The van der Waals surface area contributed by atoms with E-state index in [1.165, 1.54) is 67.4 Å². The predicted molar refractivity (Wildman–Crippen MR) is 226 cm³/mol. The summed E-state index contributed by atoms with van der Waals surface area (Å²) in [6, 6.07) is 75.7. The molecule has 0 saturated carbocycles. The fourth-order valence-electron chi connectivity index (χ4n) is 7.68. The summed E-state index contributed by atoms with van der Waals surface area (Å²) in [5.74, 6) is -0.255. The van der Waals surface area contributed by atoms with Crippen LogP contribution in [0.4, 0.5) is 21.5 Å². The minimum atomic E-state index is -0.255. The van der Waals surface area contributed by atoms with E-state index in [1.54, 1.807) is 0 Å². The first-order valence-corrected chi connectivity index (χ1v) is 18.3. The quantitative estimate of drug-likeness (QED) is 0.153. The first-order valence-electron chi connectivity index (χ1n) is 18.3. The third-order valence-corrected chi connectivity index (χ3v) is 10.1. The third kappa shape index (κ3) is 6.25. The van der Waals surface area contributed by atoms with Crippen LogP contribution >= 0.6 is 0 Å². The Bertz CT molecular complexity index is 2660. The van der Waals surface area contributed by atoms with Crippen molar-refractivity contribution in [3.05, 3.63) is 224 Å². The predicted octanol–water partition coefficient (Wildman–Crippen LogP) is 14.8. The standard InChI is InChI=1S/C52H36FN/c53-43-29-33-46(34-30-43)54(44-24-14-5-15-25-44)45-31-26-37(27-32-45)42-28-35-47-48(36-42)50(39-18-8-2-9-19-39)52(41-22-12-4-13-23-41)51(40-20-10-3-11-21-40)49(47)38-16-6-1-7-17-38/h1-36H. The van der Waals surface area contributed by atoms with Gasteiger partial charge in [0.05, 0.1) is 0 Å². The molecule has 0 heterocycles. The highest BCUT2D eigenvalue weighted by molar-refractivity contribution is 6.18. The molecule has 0 aliphatic carbocycles. The van der Waals surface area contributed by atoms with Crippen molar-refractivity contribution < 1.29 is 4.39 Å². The Labute approximate surface area is 315 Å². The van der Waals surface area contributed by atoms with Gasteiger partial charge in [0.2, 0.25) is 0 Å². The van der Waals surface area contributed by atoms with Crippen LogP contribution in [0.25, 0.3) is 66.4 Å². The van der Waals surface area contributed by atoms with Crippen molar-refractivity contribution in [2.75, 3.05) is 4.90 Å². The van der Waals surface area contributed by atoms with Gasteiger partial charge in [-0.2, -0.15) is 0 Å². The third-order valence-electron chi connectivity index (χ3n) is 10.1. The number of nitrogens with zero attached hydrogens (tertiary/aromatic N) is 1. The molecule has 0 fully saturated rings. The summed E-state index contributed by atoms with van der Waals surface area (Å²) >= 11 is 0. The highest BCUT2D eigenvalue weighted by Crippen LogP contribution is 2.51. The largest absolute Gasteiger partial charge is 0.311 e. The molecule has 54 heavy (non-hydrogen) atoms. The monoisotopic (exact) mass is 693 g/mol. The maximum Gasteiger partial charge on any atom is 0.123 e. The number of halogens is 1. The van der Waals surface area contributed by atoms with Crippen molar-refractivity contribution in [1.29, 1.82) is 0 Å². The summed E-state index contributed by atoms with van der Waals surface area (Å²) in [5, 5.41) is 2.39. The van der Waals surface area contributed by atoms with E-state index in [-0.39, 0.29) is 5.82 Å². The number of hydrogen-bond donors (Lipinski definition) is 0. The van der Waals surface area contributed by atoms with Crippen LogP contribution in [-0.2, 0) is 0 Å². The summed E-state index contributed by atoms with van der Waals surface area (Å²) in [7, 11) is 0. The SMILES string of the molecule is Fc1ccc(N(c2ccccc2)c2ccc(-c3ccc4c(-c5ccccc5)c(-c5ccccc5)c(-c5ccccc5)c(-c5ccccc5)c4c3)cc2)cc1. The van der Waals surface area contributed by atoms with Crippen molar-refractivity contribution in [1.82, 2.24) is 0 Å². The Morgan fingerprint density at radius 1 is 0.259 bits per heavy atom. The van der Waals surface area contributed by atoms with E-state index in [0.29, 0.717) is 0 Å². The Kier molecular flexibility index (Phi) is 8.84. The maximum atomic E-state index is 14.0. The zero-order valence-corrected chi connectivity index (χ0v) is 29.6. The van der Waals surface area contributed by atoms with Crippen LogP contribution in [0, 0.1) is 5.82 Å². The van der Waals surface area contributed by atoms with Crippen molar-refractivity contribution in [3.8, 4) is 55.6 Å². The first kappa shape index (κ1) is 32.8. The second-order valence-electron chi connectivity index (χ2n) is 13.4. The fraction of sp³-hybridized carbons (Fsp3) is 0. The number of benzene rings is 9. The van der Waals surface area contributed by atoms with Gasteiger partial charge in [-0.15, -0.1) is 0 Å². The van der Waals surface area contributed by atoms with Crippen LogP contribution < -0.4 is 4.90 Å². The van der Waals surface area contributed by atoms with Crippen LogP contribution in [0.5, 0.6) is 0 Å². The molecule has 0 bridgehead atoms. The molecule has 256 valence electrons. The van der Waals surface area contributed by atoms with E-state index in [2.05, 4.69) is 181 Å². The van der Waals surface area contributed by atoms with Crippen LogP contribution in [0.15, 0.2) is 218 Å². The van der Waals surface area contributed by atoms with Crippen molar-refractivity contribution in [2.45, 2.75) is 0 Å². The first-order chi connectivity index (χ1) is 26.7. The highest BCUT2D eigenvalue weighted by atomic mass is 19.1. The van der Waals surface area contributed by atoms with Gasteiger partial charge in [0.1, 0.15) is 5.82 Å². The van der Waals surface area contributed by atoms with Crippen LogP contribution in [-0.4, -0.2) is 0 Å². The lowest BCUT2D eigenvalue weighted by Crippen LogP contribution is -2.09. The molecule has 0 spiro atoms. The number of fused-ring (bicyclic) bond motifs is 1. The molecule has 9 rings (SSSR count). The molecule has 9 aromatic carbocycles. The Morgan fingerprint density at radius 3 is 1.07 bits per heavy atom. The Hall–Kier alpha value is -7.03. The maximum absolute atomic E-state index is 14.0. The molecular weight excluding hydrogens is 658 g/mol. The molecule has 0 unspecified atom stereocenters. The molecule has 2 heteroatoms. The highest BCUT2D eigenvalue weighted by Gasteiger charge is 2.24. The average molecular weight is 694 g/mol. The molecular formula is C52H36FN. The average Bonchev–Trinajstić information content (AvgIpc) is 3.25. The second kappa shape index (κ2) is 14.5. The van der Waals surface area contributed by atoms with E-state index in [4.69, 9.17) is 0 Å². The second-order valence-corrected chi connectivity index (χ2v) is 13.4. The van der Waals surface area contributed by atoms with Gasteiger partial charge in [-0.25, -0.2) is 4.39 Å². The topological polar surface area (TPSA) is 3.24 Å². The lowest BCUT2D eigenvalue weighted by Gasteiger charge is -2.26. The summed E-state index contributed by atoms with van der Waals surface area (Å²) in [6.07, 6.45) is 0. The molecule has 0 aliphatic heterocycles. The summed E-state index contributed by atoms with van der Waals surface area (Å²) in [5.41, 5.74) is 14.7. The zero-order valence-electron chi connectivity index (χ0n) is 29.6. The van der Waals surface area contributed by atoms with Gasteiger partial charge in [0, 0.05) is 17.1 Å². The van der Waals surface area contributed by atoms with Gasteiger partial charge >= 0.3 is 0 Å².